The van der Waals surface area contributed by atoms with Crippen LogP contribution in [0.3, 0.4) is 0 Å². The molecule has 3 heterocycles. The van der Waals surface area contributed by atoms with Crippen LogP contribution in [0.25, 0.3) is 0 Å². The standard InChI is InChI=1S/C18H24N4OS/c1-14(15-6-4-8-19-12-15)21-18(23)20-13-16(17-7-5-11-24-17)22-9-2-3-10-22/h4-8,11-12,14,16H,2-3,9-10,13H2,1H3,(H2,20,21,23)/t14-,16-/m1/s1. The van der Waals surface area contributed by atoms with Crippen LogP contribution >= 0.6 is 11.3 Å². The molecule has 0 spiro atoms. The van der Waals surface area contributed by atoms with Crippen LogP contribution in [-0.2, 0) is 0 Å². The van der Waals surface area contributed by atoms with Crippen LogP contribution in [0.5, 0.6) is 0 Å². The van der Waals surface area contributed by atoms with Gasteiger partial charge in [-0.2, -0.15) is 0 Å². The van der Waals surface area contributed by atoms with E-state index in [1.54, 1.807) is 23.7 Å². The minimum Gasteiger partial charge on any atom is -0.336 e. The molecular formula is C18H24N4OS. The Morgan fingerprint density at radius 3 is 2.83 bits per heavy atom. The Morgan fingerprint density at radius 1 is 1.33 bits per heavy atom. The Balaban J connectivity index is 1.55. The summed E-state index contributed by atoms with van der Waals surface area (Å²) < 4.78 is 0. The highest BCUT2D eigenvalue weighted by atomic mass is 32.1. The molecule has 1 aliphatic rings. The fraction of sp³-hybridized carbons (Fsp3) is 0.444. The molecule has 0 unspecified atom stereocenters. The number of pyridine rings is 1. The molecule has 3 rings (SSSR count). The molecule has 1 aliphatic heterocycles. The van der Waals surface area contributed by atoms with Gasteiger partial charge in [-0.25, -0.2) is 4.79 Å². The first-order valence-corrected chi connectivity index (χ1v) is 9.34. The zero-order valence-electron chi connectivity index (χ0n) is 13.9. The number of hydrogen-bond acceptors (Lipinski definition) is 4. The molecule has 5 nitrogen and oxygen atoms in total. The van der Waals surface area contributed by atoms with E-state index in [1.807, 2.05) is 19.1 Å². The third kappa shape index (κ3) is 4.33. The van der Waals surface area contributed by atoms with Gasteiger partial charge in [0.2, 0.25) is 0 Å². The number of aromatic nitrogens is 1. The van der Waals surface area contributed by atoms with Crippen molar-refractivity contribution >= 4 is 17.4 Å². The summed E-state index contributed by atoms with van der Waals surface area (Å²) in [5, 5.41) is 8.13. The molecule has 0 aromatic carbocycles. The summed E-state index contributed by atoms with van der Waals surface area (Å²) in [6.45, 7) is 4.82. The average Bonchev–Trinajstić information content (AvgIpc) is 3.30. The Kier molecular flexibility index (Phi) is 5.82. The molecule has 0 radical (unpaired) electrons. The summed E-state index contributed by atoms with van der Waals surface area (Å²) in [5.41, 5.74) is 1.00. The maximum atomic E-state index is 12.3. The number of nitrogens with one attached hydrogen (secondary N) is 2. The monoisotopic (exact) mass is 344 g/mol. The highest BCUT2D eigenvalue weighted by molar-refractivity contribution is 7.10. The molecular weight excluding hydrogens is 320 g/mol. The first-order valence-electron chi connectivity index (χ1n) is 8.46. The van der Waals surface area contributed by atoms with Crippen LogP contribution in [0.1, 0.15) is 42.3 Å². The lowest BCUT2D eigenvalue weighted by atomic mass is 10.1. The van der Waals surface area contributed by atoms with Gasteiger partial charge in [-0.3, -0.25) is 9.88 Å². The molecule has 1 saturated heterocycles. The van der Waals surface area contributed by atoms with Crippen molar-refractivity contribution in [1.29, 1.82) is 0 Å². The SMILES string of the molecule is C[C@@H](NC(=O)NC[C@H](c1cccs1)N1CCCC1)c1cccnc1. The van der Waals surface area contributed by atoms with Gasteiger partial charge in [0.05, 0.1) is 12.1 Å². The van der Waals surface area contributed by atoms with E-state index < -0.39 is 0 Å². The van der Waals surface area contributed by atoms with Crippen LogP contribution in [0.2, 0.25) is 0 Å². The van der Waals surface area contributed by atoms with Crippen molar-refractivity contribution in [3.63, 3.8) is 0 Å². The molecule has 2 aromatic heterocycles. The van der Waals surface area contributed by atoms with Crippen molar-refractivity contribution in [2.45, 2.75) is 31.8 Å². The maximum Gasteiger partial charge on any atom is 0.315 e. The zero-order valence-corrected chi connectivity index (χ0v) is 14.8. The molecule has 0 bridgehead atoms. The lowest BCUT2D eigenvalue weighted by Gasteiger charge is -2.27. The predicted molar refractivity (Wildman–Crippen MR) is 97.1 cm³/mol. The van der Waals surface area contributed by atoms with Crippen LogP contribution in [-0.4, -0.2) is 35.5 Å². The summed E-state index contributed by atoms with van der Waals surface area (Å²) in [4.78, 5) is 20.1. The summed E-state index contributed by atoms with van der Waals surface area (Å²) in [6, 6.07) is 8.16. The lowest BCUT2D eigenvalue weighted by Crippen LogP contribution is -2.42. The molecule has 2 atom stereocenters. The van der Waals surface area contributed by atoms with Crippen molar-refractivity contribution in [2.24, 2.45) is 0 Å². The van der Waals surface area contributed by atoms with Gasteiger partial charge < -0.3 is 10.6 Å². The number of carbonyl (C=O) groups is 1. The molecule has 128 valence electrons. The minimum absolute atomic E-state index is 0.0642. The Bertz CT molecular complexity index is 626. The molecule has 0 saturated carbocycles. The quantitative estimate of drug-likeness (QED) is 0.845. The number of nitrogens with zero attached hydrogens (tertiary/aromatic N) is 2. The van der Waals surface area contributed by atoms with E-state index in [1.165, 1.54) is 17.7 Å². The van der Waals surface area contributed by atoms with Crippen molar-refractivity contribution in [3.05, 3.63) is 52.5 Å². The van der Waals surface area contributed by atoms with Gasteiger partial charge in [-0.05, 0) is 55.9 Å². The fourth-order valence-electron chi connectivity index (χ4n) is 3.10. The van der Waals surface area contributed by atoms with Gasteiger partial charge in [0.1, 0.15) is 0 Å². The highest BCUT2D eigenvalue weighted by Crippen LogP contribution is 2.27. The highest BCUT2D eigenvalue weighted by Gasteiger charge is 2.24. The molecule has 0 aliphatic carbocycles. The van der Waals surface area contributed by atoms with Crippen molar-refractivity contribution in [2.75, 3.05) is 19.6 Å². The molecule has 2 amide bonds. The second kappa shape index (κ2) is 8.26. The second-order valence-corrected chi connectivity index (χ2v) is 7.12. The number of urea groups is 1. The van der Waals surface area contributed by atoms with Crippen molar-refractivity contribution in [1.82, 2.24) is 20.5 Å². The van der Waals surface area contributed by atoms with E-state index in [-0.39, 0.29) is 18.1 Å². The normalized spacial score (nSPS) is 17.4. The summed E-state index contributed by atoms with van der Waals surface area (Å²) in [6.07, 6.45) is 6.00. The topological polar surface area (TPSA) is 57.3 Å². The number of thiophene rings is 1. The smallest absolute Gasteiger partial charge is 0.315 e. The van der Waals surface area contributed by atoms with Gasteiger partial charge in [-0.1, -0.05) is 12.1 Å². The molecule has 2 N–H and O–H groups in total. The Labute approximate surface area is 147 Å². The van der Waals surface area contributed by atoms with E-state index in [9.17, 15) is 4.79 Å². The second-order valence-electron chi connectivity index (χ2n) is 6.14. The van der Waals surface area contributed by atoms with E-state index in [4.69, 9.17) is 0 Å². The summed E-state index contributed by atoms with van der Waals surface area (Å²) in [7, 11) is 0. The maximum absolute atomic E-state index is 12.3. The molecule has 1 fully saturated rings. The van der Waals surface area contributed by atoms with Crippen LogP contribution in [0.15, 0.2) is 42.0 Å². The van der Waals surface area contributed by atoms with Gasteiger partial charge in [0, 0.05) is 23.8 Å². The van der Waals surface area contributed by atoms with Gasteiger partial charge in [0.25, 0.3) is 0 Å². The van der Waals surface area contributed by atoms with Crippen LogP contribution in [0.4, 0.5) is 4.79 Å². The number of amides is 2. The van der Waals surface area contributed by atoms with Crippen LogP contribution in [0, 0.1) is 0 Å². The van der Waals surface area contributed by atoms with Gasteiger partial charge in [-0.15, -0.1) is 11.3 Å². The first-order chi connectivity index (χ1) is 11.7. The molecule has 2 aromatic rings. The Hall–Kier alpha value is -1.92. The number of rotatable bonds is 6. The largest absolute Gasteiger partial charge is 0.336 e. The lowest BCUT2D eigenvalue weighted by molar-refractivity contribution is 0.220. The average molecular weight is 344 g/mol. The number of hydrogen-bond donors (Lipinski definition) is 2. The van der Waals surface area contributed by atoms with E-state index >= 15 is 0 Å². The van der Waals surface area contributed by atoms with Gasteiger partial charge >= 0.3 is 6.03 Å². The van der Waals surface area contributed by atoms with Crippen LogP contribution < -0.4 is 10.6 Å². The third-order valence-electron chi connectivity index (χ3n) is 4.44. The van der Waals surface area contributed by atoms with Crippen molar-refractivity contribution < 1.29 is 4.79 Å². The Morgan fingerprint density at radius 2 is 2.17 bits per heavy atom. The van der Waals surface area contributed by atoms with E-state index in [2.05, 4.69) is 38.0 Å². The zero-order chi connectivity index (χ0) is 16.8. The van der Waals surface area contributed by atoms with Gasteiger partial charge in [0.15, 0.2) is 0 Å². The number of likely N-dealkylation sites (tertiary alicyclic amines) is 1. The predicted octanol–water partition coefficient (Wildman–Crippen LogP) is 3.34. The first kappa shape index (κ1) is 16.9. The van der Waals surface area contributed by atoms with Crippen molar-refractivity contribution in [3.8, 4) is 0 Å². The van der Waals surface area contributed by atoms with E-state index in [0.29, 0.717) is 6.54 Å². The summed E-state index contributed by atoms with van der Waals surface area (Å²) in [5.74, 6) is 0. The molecule has 6 heteroatoms. The summed E-state index contributed by atoms with van der Waals surface area (Å²) >= 11 is 1.76. The minimum atomic E-state index is -0.132. The fourth-order valence-corrected chi connectivity index (χ4v) is 3.96. The number of carbonyl (C=O) groups excluding carboxylic acids is 1. The third-order valence-corrected chi connectivity index (χ3v) is 5.41. The van der Waals surface area contributed by atoms with E-state index in [0.717, 1.165) is 18.7 Å². The molecule has 24 heavy (non-hydrogen) atoms.